The molecule has 0 saturated heterocycles. The molecule has 0 radical (unpaired) electrons. The number of nitrogens with one attached hydrogen (secondary N) is 1. The van der Waals surface area contributed by atoms with Crippen LogP contribution in [-0.2, 0) is 22.6 Å². The average Bonchev–Trinajstić information content (AvgIpc) is 3.51. The number of hydrogen-bond acceptors (Lipinski definition) is 6. The van der Waals surface area contributed by atoms with E-state index in [1.807, 2.05) is 69.3 Å². The van der Waals surface area contributed by atoms with E-state index in [0.717, 1.165) is 22.5 Å². The van der Waals surface area contributed by atoms with Crippen molar-refractivity contribution in [2.24, 2.45) is 0 Å². The van der Waals surface area contributed by atoms with Gasteiger partial charge in [0.05, 0.1) is 13.2 Å². The number of nitrogens with zero attached hydrogens (tertiary/aromatic N) is 2. The van der Waals surface area contributed by atoms with Crippen LogP contribution in [0, 0.1) is 20.8 Å². The van der Waals surface area contributed by atoms with Gasteiger partial charge in [-0.25, -0.2) is 4.79 Å². The third kappa shape index (κ3) is 6.83. The first-order valence-electron chi connectivity index (χ1n) is 12.2. The van der Waals surface area contributed by atoms with Gasteiger partial charge >= 0.3 is 6.03 Å². The van der Waals surface area contributed by atoms with Crippen molar-refractivity contribution in [3.8, 4) is 11.5 Å². The normalized spacial score (nSPS) is 11.9. The number of hydrogen-bond donors (Lipinski definition) is 1. The largest absolute Gasteiger partial charge is 0.464 e. The minimum Gasteiger partial charge on any atom is -0.464 e. The van der Waals surface area contributed by atoms with Crippen molar-refractivity contribution in [2.45, 2.75) is 33.9 Å². The van der Waals surface area contributed by atoms with E-state index in [1.54, 1.807) is 12.0 Å². The Hall–Kier alpha value is -3.98. The number of amides is 3. The molecule has 1 aromatic heterocycles. The smallest absolute Gasteiger partial charge is 0.322 e. The molecule has 0 fully saturated rings. The lowest BCUT2D eigenvalue weighted by molar-refractivity contribution is -0.133. The highest BCUT2D eigenvalue weighted by Gasteiger charge is 2.24. The summed E-state index contributed by atoms with van der Waals surface area (Å²) in [5.41, 5.74) is 3.64. The lowest BCUT2D eigenvalue weighted by Crippen LogP contribution is -2.45. The first-order valence-corrected chi connectivity index (χ1v) is 12.2. The van der Waals surface area contributed by atoms with Crippen LogP contribution in [0.5, 0.6) is 11.5 Å². The lowest BCUT2D eigenvalue weighted by Gasteiger charge is -2.27. The molecule has 1 N–H and O–H groups in total. The second-order valence-electron chi connectivity index (χ2n) is 9.11. The molecule has 9 heteroatoms. The van der Waals surface area contributed by atoms with E-state index in [1.165, 1.54) is 4.90 Å². The van der Waals surface area contributed by atoms with E-state index in [2.05, 4.69) is 5.32 Å². The van der Waals surface area contributed by atoms with E-state index >= 15 is 0 Å². The number of anilines is 1. The van der Waals surface area contributed by atoms with Crippen LogP contribution in [0.3, 0.4) is 0 Å². The van der Waals surface area contributed by atoms with E-state index in [9.17, 15) is 9.59 Å². The van der Waals surface area contributed by atoms with E-state index < -0.39 is 0 Å². The standard InChI is InChI=1S/C28H33N3O6/c1-19-5-9-24(20(2)13-19)29-28(33)30(11-12-34-4)17-27(32)31(16-23-8-6-21(3)37-23)15-22-7-10-25-26(14-22)36-18-35-25/h5-10,13-14H,11-12,15-18H2,1-4H3,(H,29,33). The number of fused-ring (bicyclic) bond motifs is 1. The minimum atomic E-state index is -0.366. The lowest BCUT2D eigenvalue weighted by atomic mass is 10.1. The van der Waals surface area contributed by atoms with Gasteiger partial charge < -0.3 is 33.7 Å². The molecule has 2 aromatic carbocycles. The maximum Gasteiger partial charge on any atom is 0.322 e. The zero-order valence-corrected chi connectivity index (χ0v) is 21.7. The van der Waals surface area contributed by atoms with Gasteiger partial charge in [0.25, 0.3) is 0 Å². The van der Waals surface area contributed by atoms with Gasteiger partial charge in [-0.05, 0) is 62.2 Å². The molecule has 9 nitrogen and oxygen atoms in total. The van der Waals surface area contributed by atoms with Gasteiger partial charge in [-0.15, -0.1) is 0 Å². The fourth-order valence-corrected chi connectivity index (χ4v) is 4.12. The molecular weight excluding hydrogens is 474 g/mol. The molecule has 3 aromatic rings. The van der Waals surface area contributed by atoms with E-state index in [-0.39, 0.29) is 38.4 Å². The fourth-order valence-electron chi connectivity index (χ4n) is 4.12. The van der Waals surface area contributed by atoms with Gasteiger partial charge in [0.2, 0.25) is 12.7 Å². The number of urea groups is 1. The Labute approximate surface area is 216 Å². The molecule has 196 valence electrons. The third-order valence-corrected chi connectivity index (χ3v) is 6.11. The summed E-state index contributed by atoms with van der Waals surface area (Å²) in [6.07, 6.45) is 0. The van der Waals surface area contributed by atoms with Crippen LogP contribution in [-0.4, -0.2) is 55.3 Å². The molecular formula is C28H33N3O6. The molecule has 0 bridgehead atoms. The van der Waals surface area contributed by atoms with Crippen molar-refractivity contribution in [3.05, 3.63) is 76.7 Å². The van der Waals surface area contributed by atoms with Gasteiger partial charge in [-0.3, -0.25) is 4.79 Å². The summed E-state index contributed by atoms with van der Waals surface area (Å²) < 4.78 is 21.8. The van der Waals surface area contributed by atoms with Crippen LogP contribution in [0.25, 0.3) is 0 Å². The van der Waals surface area contributed by atoms with Crippen LogP contribution in [0.15, 0.2) is 52.9 Å². The summed E-state index contributed by atoms with van der Waals surface area (Å²) in [6.45, 7) is 6.98. The van der Waals surface area contributed by atoms with Gasteiger partial charge in [0.1, 0.15) is 18.1 Å². The predicted octanol–water partition coefficient (Wildman–Crippen LogP) is 4.64. The van der Waals surface area contributed by atoms with Crippen LogP contribution < -0.4 is 14.8 Å². The van der Waals surface area contributed by atoms with Crippen LogP contribution in [0.2, 0.25) is 0 Å². The van der Waals surface area contributed by atoms with Crippen molar-refractivity contribution < 1.29 is 28.2 Å². The van der Waals surface area contributed by atoms with E-state index in [4.69, 9.17) is 18.6 Å². The van der Waals surface area contributed by atoms with Crippen molar-refractivity contribution in [2.75, 3.05) is 38.9 Å². The van der Waals surface area contributed by atoms with Gasteiger partial charge in [-0.1, -0.05) is 23.8 Å². The summed E-state index contributed by atoms with van der Waals surface area (Å²) in [6, 6.07) is 14.7. The zero-order chi connectivity index (χ0) is 26.4. The second-order valence-corrected chi connectivity index (χ2v) is 9.11. The van der Waals surface area contributed by atoms with Gasteiger partial charge in [-0.2, -0.15) is 0 Å². The zero-order valence-electron chi connectivity index (χ0n) is 21.7. The number of methoxy groups -OCH3 is 1. The number of carbonyl (C=O) groups excluding carboxylic acids is 2. The molecule has 37 heavy (non-hydrogen) atoms. The van der Waals surface area contributed by atoms with Crippen LogP contribution >= 0.6 is 0 Å². The third-order valence-electron chi connectivity index (χ3n) is 6.11. The number of benzene rings is 2. The van der Waals surface area contributed by atoms with Crippen molar-refractivity contribution in [1.82, 2.24) is 9.80 Å². The Morgan fingerprint density at radius 2 is 1.76 bits per heavy atom. The Kier molecular flexibility index (Phi) is 8.35. The fraction of sp³-hybridized carbons (Fsp3) is 0.357. The Morgan fingerprint density at radius 3 is 2.49 bits per heavy atom. The molecule has 0 spiro atoms. The average molecular weight is 508 g/mol. The molecule has 1 aliphatic heterocycles. The quantitative estimate of drug-likeness (QED) is 0.430. The maximum absolute atomic E-state index is 13.6. The van der Waals surface area contributed by atoms with Crippen molar-refractivity contribution in [1.29, 1.82) is 0 Å². The SMILES string of the molecule is COCCN(CC(=O)N(Cc1ccc2c(c1)OCO2)Cc1ccc(C)o1)C(=O)Nc1ccc(C)cc1C. The summed E-state index contributed by atoms with van der Waals surface area (Å²) in [4.78, 5) is 29.9. The summed E-state index contributed by atoms with van der Waals surface area (Å²) in [7, 11) is 1.56. The number of carbonyl (C=O) groups is 2. The van der Waals surface area contributed by atoms with Crippen molar-refractivity contribution in [3.63, 3.8) is 0 Å². The number of ether oxygens (including phenoxy) is 3. The number of rotatable bonds is 10. The number of furan rings is 1. The molecule has 0 unspecified atom stereocenters. The minimum absolute atomic E-state index is 0.121. The van der Waals surface area contributed by atoms with Crippen molar-refractivity contribution >= 4 is 17.6 Å². The predicted molar refractivity (Wildman–Crippen MR) is 139 cm³/mol. The highest BCUT2D eigenvalue weighted by molar-refractivity contribution is 5.93. The second kappa shape index (κ2) is 11.8. The Balaban J connectivity index is 1.52. The number of aryl methyl sites for hydroxylation is 3. The van der Waals surface area contributed by atoms with Gasteiger partial charge in [0.15, 0.2) is 11.5 Å². The highest BCUT2D eigenvalue weighted by atomic mass is 16.7. The molecule has 3 amide bonds. The Morgan fingerprint density at radius 1 is 0.946 bits per heavy atom. The first-order chi connectivity index (χ1) is 17.8. The summed E-state index contributed by atoms with van der Waals surface area (Å²) >= 11 is 0. The monoisotopic (exact) mass is 507 g/mol. The molecule has 1 aliphatic rings. The van der Waals surface area contributed by atoms with Crippen LogP contribution in [0.1, 0.15) is 28.2 Å². The molecule has 2 heterocycles. The maximum atomic E-state index is 13.6. The molecule has 0 atom stereocenters. The highest BCUT2D eigenvalue weighted by Crippen LogP contribution is 2.33. The topological polar surface area (TPSA) is 93.5 Å². The molecule has 0 aliphatic carbocycles. The van der Waals surface area contributed by atoms with E-state index in [0.29, 0.717) is 36.1 Å². The summed E-state index contributed by atoms with van der Waals surface area (Å²) in [5, 5.41) is 2.93. The summed E-state index contributed by atoms with van der Waals surface area (Å²) in [5.74, 6) is 2.53. The Bertz CT molecular complexity index is 1250. The first kappa shape index (κ1) is 26.1. The molecule has 4 rings (SSSR count). The van der Waals surface area contributed by atoms with Gasteiger partial charge in [0, 0.05) is 25.9 Å². The molecule has 0 saturated carbocycles. The van der Waals surface area contributed by atoms with Crippen LogP contribution in [0.4, 0.5) is 10.5 Å².